The van der Waals surface area contributed by atoms with Crippen LogP contribution in [-0.2, 0) is 0 Å². The Morgan fingerprint density at radius 1 is 0.215 bits per heavy atom. The van der Waals surface area contributed by atoms with Crippen molar-refractivity contribution >= 4 is 64.9 Å². The van der Waals surface area contributed by atoms with Crippen LogP contribution in [0.4, 0.5) is 0 Å². The minimum absolute atomic E-state index is 1.13. The number of aromatic nitrogens is 1. The second-order valence-corrected chi connectivity index (χ2v) is 17.2. The molecule has 0 saturated heterocycles. The van der Waals surface area contributed by atoms with E-state index >= 15 is 0 Å². The largest absolute Gasteiger partial charge is 0.354 e. The summed E-state index contributed by atoms with van der Waals surface area (Å²) in [5, 5.41) is 12.3. The van der Waals surface area contributed by atoms with Crippen molar-refractivity contribution in [1.29, 1.82) is 0 Å². The molecule has 0 unspecified atom stereocenters. The molecule has 0 aliphatic heterocycles. The Kier molecular flexibility index (Phi) is 8.60. The lowest BCUT2D eigenvalue weighted by Crippen LogP contribution is -1.95. The van der Waals surface area contributed by atoms with Crippen LogP contribution in [0, 0.1) is 0 Å². The molecule has 0 radical (unpaired) electrons. The fourth-order valence-corrected chi connectivity index (χ4v) is 10.8. The van der Waals surface area contributed by atoms with Crippen molar-refractivity contribution in [3.8, 4) is 66.8 Å². The highest BCUT2D eigenvalue weighted by Crippen LogP contribution is 2.50. The Labute approximate surface area is 377 Å². The van der Waals surface area contributed by atoms with E-state index in [0.717, 1.165) is 11.0 Å². The fourth-order valence-electron chi connectivity index (χ4n) is 10.8. The molecule has 0 amide bonds. The maximum atomic E-state index is 3.98. The van der Waals surface area contributed by atoms with Crippen molar-refractivity contribution in [3.05, 3.63) is 243 Å². The molecule has 65 heavy (non-hydrogen) atoms. The highest BCUT2D eigenvalue weighted by atomic mass is 14.7. The third kappa shape index (κ3) is 5.94. The summed E-state index contributed by atoms with van der Waals surface area (Å²) in [6, 6.07) is 89.4. The lowest BCUT2D eigenvalue weighted by Gasteiger charge is -2.22. The van der Waals surface area contributed by atoms with E-state index in [0.29, 0.717) is 0 Å². The van der Waals surface area contributed by atoms with Crippen molar-refractivity contribution in [2.45, 2.75) is 0 Å². The first-order valence-corrected chi connectivity index (χ1v) is 22.5. The van der Waals surface area contributed by atoms with Crippen LogP contribution in [0.25, 0.3) is 132 Å². The maximum Gasteiger partial charge on any atom is 0.0551 e. The van der Waals surface area contributed by atoms with Gasteiger partial charge < -0.3 is 4.98 Å². The van der Waals surface area contributed by atoms with E-state index < -0.39 is 0 Å². The molecule has 0 fully saturated rings. The van der Waals surface area contributed by atoms with Gasteiger partial charge in [0.15, 0.2) is 0 Å². The third-order valence-corrected chi connectivity index (χ3v) is 13.6. The quantitative estimate of drug-likeness (QED) is 0.161. The summed E-state index contributed by atoms with van der Waals surface area (Å²) < 4.78 is 0. The highest BCUT2D eigenvalue weighted by Gasteiger charge is 2.24. The number of hydrogen-bond acceptors (Lipinski definition) is 0. The van der Waals surface area contributed by atoms with E-state index in [1.165, 1.54) is 121 Å². The van der Waals surface area contributed by atoms with Crippen molar-refractivity contribution in [2.75, 3.05) is 0 Å². The van der Waals surface area contributed by atoms with E-state index in [1.807, 2.05) is 0 Å². The molecule has 1 aromatic heterocycles. The summed E-state index contributed by atoms with van der Waals surface area (Å²) in [4.78, 5) is 3.98. The molecule has 13 aromatic rings. The number of hydrogen-bond donors (Lipinski definition) is 1. The van der Waals surface area contributed by atoms with Crippen molar-refractivity contribution < 1.29 is 0 Å². The third-order valence-electron chi connectivity index (χ3n) is 13.6. The van der Waals surface area contributed by atoms with Crippen LogP contribution < -0.4 is 0 Å². The Bertz CT molecular complexity index is 3990. The molecule has 0 spiro atoms. The summed E-state index contributed by atoms with van der Waals surface area (Å²) in [6.45, 7) is 0. The Morgan fingerprint density at radius 3 is 1.20 bits per heavy atom. The number of fused-ring (bicyclic) bond motifs is 7. The van der Waals surface area contributed by atoms with Crippen molar-refractivity contribution in [2.24, 2.45) is 0 Å². The van der Waals surface area contributed by atoms with E-state index in [1.54, 1.807) is 0 Å². The number of rotatable bonds is 6. The van der Waals surface area contributed by atoms with Crippen LogP contribution in [0.2, 0.25) is 0 Å². The zero-order valence-electron chi connectivity index (χ0n) is 35.6. The predicted molar refractivity (Wildman–Crippen MR) is 278 cm³/mol. The smallest absolute Gasteiger partial charge is 0.0551 e. The zero-order valence-corrected chi connectivity index (χ0v) is 35.6. The molecule has 1 nitrogen and oxygen atoms in total. The first kappa shape index (κ1) is 37.1. The number of nitrogens with one attached hydrogen (secondary N) is 1. The molecule has 1 heterocycles. The Morgan fingerprint density at radius 2 is 0.631 bits per heavy atom. The molecule has 0 aliphatic rings. The summed E-state index contributed by atoms with van der Waals surface area (Å²) in [6.07, 6.45) is 0. The maximum absolute atomic E-state index is 3.98. The number of aromatic amines is 1. The summed E-state index contributed by atoms with van der Waals surface area (Å²) in [7, 11) is 0. The topological polar surface area (TPSA) is 15.8 Å². The summed E-state index contributed by atoms with van der Waals surface area (Å²) in [5.41, 5.74) is 16.8. The van der Waals surface area contributed by atoms with Gasteiger partial charge in [0.2, 0.25) is 0 Å². The van der Waals surface area contributed by atoms with Gasteiger partial charge in [-0.05, 0) is 122 Å². The Hall–Kier alpha value is -8.52. The zero-order chi connectivity index (χ0) is 42.8. The molecule has 13 rings (SSSR count). The summed E-state index contributed by atoms with van der Waals surface area (Å²) in [5.74, 6) is 0. The van der Waals surface area contributed by atoms with Gasteiger partial charge in [0.1, 0.15) is 0 Å². The van der Waals surface area contributed by atoms with Gasteiger partial charge in [-0.3, -0.25) is 0 Å². The summed E-state index contributed by atoms with van der Waals surface area (Å²) >= 11 is 0. The van der Waals surface area contributed by atoms with E-state index in [9.17, 15) is 0 Å². The monoisotopic (exact) mass is 823 g/mol. The first-order chi connectivity index (χ1) is 32.3. The molecule has 0 atom stereocenters. The number of benzene rings is 12. The first-order valence-electron chi connectivity index (χ1n) is 22.5. The van der Waals surface area contributed by atoms with E-state index in [4.69, 9.17) is 0 Å². The second kappa shape index (κ2) is 15.1. The number of para-hydroxylation sites is 1. The average molecular weight is 824 g/mol. The highest BCUT2D eigenvalue weighted by molar-refractivity contribution is 6.23. The Balaban J connectivity index is 1.14. The van der Waals surface area contributed by atoms with Crippen LogP contribution in [0.1, 0.15) is 0 Å². The van der Waals surface area contributed by atoms with Crippen LogP contribution in [0.3, 0.4) is 0 Å². The predicted octanol–water partition coefficient (Wildman–Crippen LogP) is 17.9. The lowest BCUT2D eigenvalue weighted by molar-refractivity contribution is 1.52. The molecule has 12 aromatic carbocycles. The van der Waals surface area contributed by atoms with Gasteiger partial charge in [-0.1, -0.05) is 224 Å². The van der Waals surface area contributed by atoms with Gasteiger partial charge in [0, 0.05) is 21.9 Å². The van der Waals surface area contributed by atoms with Crippen molar-refractivity contribution in [1.82, 2.24) is 4.98 Å². The van der Waals surface area contributed by atoms with Crippen LogP contribution in [0.15, 0.2) is 243 Å². The average Bonchev–Trinajstić information content (AvgIpc) is 3.76. The second-order valence-electron chi connectivity index (χ2n) is 17.2. The number of H-pyrrole nitrogens is 1. The molecule has 1 heteroatoms. The van der Waals surface area contributed by atoms with Gasteiger partial charge in [-0.25, -0.2) is 0 Å². The van der Waals surface area contributed by atoms with E-state index in [-0.39, 0.29) is 0 Å². The minimum atomic E-state index is 1.13. The van der Waals surface area contributed by atoms with Crippen molar-refractivity contribution in [3.63, 3.8) is 0 Å². The van der Waals surface area contributed by atoms with E-state index in [2.05, 4.69) is 248 Å². The van der Waals surface area contributed by atoms with Gasteiger partial charge in [-0.2, -0.15) is 0 Å². The molecular formula is C64H41N. The lowest BCUT2D eigenvalue weighted by atomic mass is 9.81. The minimum Gasteiger partial charge on any atom is -0.354 e. The van der Waals surface area contributed by atoms with Gasteiger partial charge in [-0.15, -0.1) is 0 Å². The van der Waals surface area contributed by atoms with Gasteiger partial charge in [0.05, 0.1) is 5.52 Å². The van der Waals surface area contributed by atoms with Crippen LogP contribution in [0.5, 0.6) is 0 Å². The SMILES string of the molecule is c1ccc(-c2cccc3c(-c4ccccc4-c4ccc5c([nH]c6ccccc65)c4-c4ccccc4-c4c5ccccc5cc5c(-c6ccccc6)cccc45)c4ccccc4cc23)cc1. The van der Waals surface area contributed by atoms with Crippen LogP contribution in [-0.4, -0.2) is 4.98 Å². The molecule has 1 N–H and O–H groups in total. The normalized spacial score (nSPS) is 11.7. The van der Waals surface area contributed by atoms with Crippen LogP contribution >= 0.6 is 0 Å². The standard InChI is InChI=1S/C64H41N/c1-3-19-41(20-4-1)45-32-17-34-54-58(45)39-43-23-7-9-25-47(43)61(54)51-29-12-11-27-49(51)56-37-38-57-50-28-15-16-36-60(50)65-64(57)63(56)53-31-14-13-30-52(53)62-48-26-10-8-24-44(48)40-59-46(33-18-35-55(59)62)42-21-5-2-6-22-42/h1-40,65H. The molecule has 302 valence electrons. The molecular weight excluding hydrogens is 783 g/mol. The molecule has 0 saturated carbocycles. The van der Waals surface area contributed by atoms with Gasteiger partial charge >= 0.3 is 0 Å². The molecule has 0 aliphatic carbocycles. The van der Waals surface area contributed by atoms with Gasteiger partial charge in [0.25, 0.3) is 0 Å². The molecule has 0 bridgehead atoms. The fraction of sp³-hybridized carbons (Fsp3) is 0.